The first-order chi connectivity index (χ1) is 15.2. The van der Waals surface area contributed by atoms with Crippen molar-refractivity contribution in [3.05, 3.63) is 52.0 Å². The summed E-state index contributed by atoms with van der Waals surface area (Å²) in [7, 11) is 0. The number of fused-ring (bicyclic) bond motifs is 1. The van der Waals surface area contributed by atoms with Crippen molar-refractivity contribution in [3.63, 3.8) is 0 Å². The summed E-state index contributed by atoms with van der Waals surface area (Å²) < 4.78 is 0. The van der Waals surface area contributed by atoms with Crippen LogP contribution in [0.5, 0.6) is 0 Å². The minimum atomic E-state index is 0.0701. The molecule has 4 heterocycles. The molecule has 6 heteroatoms. The van der Waals surface area contributed by atoms with E-state index in [1.54, 1.807) is 23.7 Å². The number of rotatable bonds is 3. The zero-order valence-corrected chi connectivity index (χ0v) is 18.9. The van der Waals surface area contributed by atoms with Crippen LogP contribution in [0, 0.1) is 5.92 Å². The van der Waals surface area contributed by atoms with E-state index in [9.17, 15) is 9.59 Å². The Morgan fingerprint density at radius 2 is 1.74 bits per heavy atom. The molecular formula is C25H31N3O2S. The molecule has 0 aromatic carbocycles. The van der Waals surface area contributed by atoms with Gasteiger partial charge in [0.1, 0.15) is 0 Å². The van der Waals surface area contributed by atoms with Gasteiger partial charge in [0.2, 0.25) is 0 Å². The van der Waals surface area contributed by atoms with Gasteiger partial charge < -0.3 is 9.80 Å². The van der Waals surface area contributed by atoms with Crippen LogP contribution in [0.2, 0.25) is 0 Å². The van der Waals surface area contributed by atoms with Crippen LogP contribution in [0.1, 0.15) is 82.9 Å². The molecule has 0 bridgehead atoms. The summed E-state index contributed by atoms with van der Waals surface area (Å²) in [6, 6.07) is 6.24. The molecule has 5 nitrogen and oxygen atoms in total. The molecule has 2 saturated heterocycles. The van der Waals surface area contributed by atoms with Gasteiger partial charge in [-0.2, -0.15) is 0 Å². The standard InChI is InChI=1S/C25H31N3O2S/c29-24(20-6-3-11-26-16-20)27-13-9-19(10-14-27)23-15-21(17-31-23)25(30)28-12-4-7-18-5-1-2-8-22(18)28/h3,6,11,15-19,22H,1-2,4-5,7-10,12-14H2. The lowest BCUT2D eigenvalue weighted by Gasteiger charge is -2.44. The smallest absolute Gasteiger partial charge is 0.255 e. The van der Waals surface area contributed by atoms with Crippen LogP contribution < -0.4 is 0 Å². The fraction of sp³-hybridized carbons (Fsp3) is 0.560. The number of carbonyl (C=O) groups excluding carboxylic acids is 2. The van der Waals surface area contributed by atoms with Crippen molar-refractivity contribution in [2.75, 3.05) is 19.6 Å². The Bertz CT molecular complexity index is 918. The predicted octanol–water partition coefficient (Wildman–Crippen LogP) is 4.96. The molecule has 2 aliphatic heterocycles. The van der Waals surface area contributed by atoms with E-state index in [-0.39, 0.29) is 11.8 Å². The number of aromatic nitrogens is 1. The molecule has 0 radical (unpaired) electrons. The highest BCUT2D eigenvalue weighted by molar-refractivity contribution is 7.10. The average Bonchev–Trinajstić information content (AvgIpc) is 3.34. The molecule has 5 rings (SSSR count). The van der Waals surface area contributed by atoms with E-state index in [2.05, 4.69) is 21.3 Å². The molecule has 3 fully saturated rings. The van der Waals surface area contributed by atoms with Gasteiger partial charge in [0.05, 0.1) is 11.1 Å². The minimum absolute atomic E-state index is 0.0701. The lowest BCUT2D eigenvalue weighted by molar-refractivity contribution is 0.0391. The summed E-state index contributed by atoms with van der Waals surface area (Å²) >= 11 is 1.72. The molecule has 164 valence electrons. The lowest BCUT2D eigenvalue weighted by atomic mass is 9.78. The minimum Gasteiger partial charge on any atom is -0.339 e. The molecule has 1 saturated carbocycles. The number of piperidine rings is 2. The van der Waals surface area contributed by atoms with Gasteiger partial charge in [0.25, 0.3) is 11.8 Å². The van der Waals surface area contributed by atoms with Gasteiger partial charge in [-0.3, -0.25) is 14.6 Å². The quantitative estimate of drug-likeness (QED) is 0.682. The summed E-state index contributed by atoms with van der Waals surface area (Å²) in [5.41, 5.74) is 1.53. The monoisotopic (exact) mass is 437 g/mol. The van der Waals surface area contributed by atoms with Crippen LogP contribution in [0.15, 0.2) is 36.0 Å². The molecule has 0 N–H and O–H groups in total. The fourth-order valence-electron chi connectivity index (χ4n) is 5.76. The molecule has 1 aliphatic carbocycles. The second kappa shape index (κ2) is 9.11. The van der Waals surface area contributed by atoms with E-state index in [0.29, 0.717) is 23.4 Å². The molecule has 2 unspecified atom stereocenters. The van der Waals surface area contributed by atoms with Gasteiger partial charge in [0, 0.05) is 48.3 Å². The van der Waals surface area contributed by atoms with E-state index >= 15 is 0 Å². The Kier molecular flexibility index (Phi) is 6.08. The van der Waals surface area contributed by atoms with Crippen LogP contribution in [0.4, 0.5) is 0 Å². The number of hydrogen-bond donors (Lipinski definition) is 0. The van der Waals surface area contributed by atoms with E-state index < -0.39 is 0 Å². The van der Waals surface area contributed by atoms with E-state index in [1.807, 2.05) is 17.0 Å². The molecule has 31 heavy (non-hydrogen) atoms. The van der Waals surface area contributed by atoms with Crippen LogP contribution in [0.3, 0.4) is 0 Å². The van der Waals surface area contributed by atoms with Gasteiger partial charge in [-0.1, -0.05) is 12.8 Å². The maximum Gasteiger partial charge on any atom is 0.255 e. The van der Waals surface area contributed by atoms with Gasteiger partial charge >= 0.3 is 0 Å². The summed E-state index contributed by atoms with van der Waals surface area (Å²) in [5.74, 6) is 1.46. The number of thiophene rings is 1. The van der Waals surface area contributed by atoms with Crippen molar-refractivity contribution in [1.29, 1.82) is 0 Å². The number of carbonyl (C=O) groups is 2. The molecule has 2 amide bonds. The maximum absolute atomic E-state index is 13.3. The summed E-state index contributed by atoms with van der Waals surface area (Å²) in [6.07, 6.45) is 12.7. The Morgan fingerprint density at radius 1 is 0.935 bits per heavy atom. The number of likely N-dealkylation sites (tertiary alicyclic amines) is 2. The Balaban J connectivity index is 1.21. The van der Waals surface area contributed by atoms with Crippen molar-refractivity contribution in [3.8, 4) is 0 Å². The Morgan fingerprint density at radius 3 is 2.55 bits per heavy atom. The highest BCUT2D eigenvalue weighted by atomic mass is 32.1. The van der Waals surface area contributed by atoms with Crippen molar-refractivity contribution in [1.82, 2.24) is 14.8 Å². The van der Waals surface area contributed by atoms with Crippen molar-refractivity contribution < 1.29 is 9.59 Å². The third kappa shape index (κ3) is 4.27. The molecule has 3 aliphatic rings. The van der Waals surface area contributed by atoms with Crippen LogP contribution >= 0.6 is 11.3 Å². The molecule has 2 atom stereocenters. The lowest BCUT2D eigenvalue weighted by Crippen LogP contribution is -2.49. The molecular weight excluding hydrogens is 406 g/mol. The van der Waals surface area contributed by atoms with E-state index in [0.717, 1.165) is 44.5 Å². The predicted molar refractivity (Wildman–Crippen MR) is 122 cm³/mol. The number of hydrogen-bond acceptors (Lipinski definition) is 4. The SMILES string of the molecule is O=C(c1cccnc1)N1CCC(c2cc(C(=O)N3CCCC4CCCCC43)cs2)CC1. The first-order valence-electron chi connectivity index (χ1n) is 11.8. The van der Waals surface area contributed by atoms with Crippen LogP contribution in [-0.2, 0) is 0 Å². The third-order valence-corrected chi connectivity index (χ3v) is 8.56. The number of pyridine rings is 1. The molecule has 2 aromatic heterocycles. The van der Waals surface area contributed by atoms with Crippen molar-refractivity contribution in [2.24, 2.45) is 5.92 Å². The summed E-state index contributed by atoms with van der Waals surface area (Å²) in [6.45, 7) is 2.44. The van der Waals surface area contributed by atoms with Crippen LogP contribution in [0.25, 0.3) is 0 Å². The van der Waals surface area contributed by atoms with Crippen LogP contribution in [-0.4, -0.2) is 52.3 Å². The summed E-state index contributed by atoms with van der Waals surface area (Å²) in [5, 5.41) is 2.07. The highest BCUT2D eigenvalue weighted by Crippen LogP contribution is 2.37. The summed E-state index contributed by atoms with van der Waals surface area (Å²) in [4.78, 5) is 35.5. The van der Waals surface area contributed by atoms with Crippen molar-refractivity contribution in [2.45, 2.75) is 63.3 Å². The third-order valence-electron chi connectivity index (χ3n) is 7.46. The zero-order valence-electron chi connectivity index (χ0n) is 18.0. The van der Waals surface area contributed by atoms with Gasteiger partial charge in [-0.15, -0.1) is 11.3 Å². The van der Waals surface area contributed by atoms with Gasteiger partial charge in [0.15, 0.2) is 0 Å². The normalized spacial score (nSPS) is 24.6. The largest absolute Gasteiger partial charge is 0.339 e. The number of amides is 2. The highest BCUT2D eigenvalue weighted by Gasteiger charge is 2.36. The zero-order chi connectivity index (χ0) is 21.2. The average molecular weight is 438 g/mol. The topological polar surface area (TPSA) is 53.5 Å². The first-order valence-corrected chi connectivity index (χ1v) is 12.7. The van der Waals surface area contributed by atoms with Crippen molar-refractivity contribution >= 4 is 23.2 Å². The first kappa shape index (κ1) is 20.7. The Labute approximate surface area is 188 Å². The second-order valence-electron chi connectivity index (χ2n) is 9.30. The van der Waals surface area contributed by atoms with E-state index in [4.69, 9.17) is 0 Å². The molecule has 0 spiro atoms. The Hall–Kier alpha value is -2.21. The van der Waals surface area contributed by atoms with Gasteiger partial charge in [-0.05, 0) is 68.6 Å². The second-order valence-corrected chi connectivity index (χ2v) is 10.2. The molecule has 2 aromatic rings. The fourth-order valence-corrected chi connectivity index (χ4v) is 6.82. The number of nitrogens with zero attached hydrogens (tertiary/aromatic N) is 3. The van der Waals surface area contributed by atoms with E-state index in [1.165, 1.54) is 37.0 Å². The van der Waals surface area contributed by atoms with Gasteiger partial charge in [-0.25, -0.2) is 0 Å². The maximum atomic E-state index is 13.3.